The molecule has 0 radical (unpaired) electrons. The van der Waals surface area contributed by atoms with Crippen LogP contribution in [0.4, 0.5) is 21.5 Å². The molecule has 596 valence electrons. The number of halogens is 4. The van der Waals surface area contributed by atoms with E-state index in [-0.39, 0.29) is 28.0 Å². The highest BCUT2D eigenvalue weighted by Crippen LogP contribution is 2.34. The highest BCUT2D eigenvalue weighted by molar-refractivity contribution is 6.34. The predicted octanol–water partition coefficient (Wildman–Crippen LogP) is 12.2. The van der Waals surface area contributed by atoms with Crippen LogP contribution in [0.25, 0.3) is 90.0 Å². The van der Waals surface area contributed by atoms with Crippen LogP contribution in [0.15, 0.2) is 196 Å². The lowest BCUT2D eigenvalue weighted by atomic mass is 10.1. The zero-order valence-electron chi connectivity index (χ0n) is 65.3. The van der Waals surface area contributed by atoms with E-state index >= 15 is 0 Å². The maximum atomic E-state index is 14.0. The number of anilines is 3. The van der Waals surface area contributed by atoms with Crippen molar-refractivity contribution in [2.24, 2.45) is 0 Å². The monoisotopic (exact) mass is 1630 g/mol. The van der Waals surface area contributed by atoms with E-state index in [1.165, 1.54) is 56.3 Å². The van der Waals surface area contributed by atoms with Crippen molar-refractivity contribution in [2.45, 2.75) is 77.9 Å². The van der Waals surface area contributed by atoms with Crippen LogP contribution < -0.4 is 52.3 Å². The van der Waals surface area contributed by atoms with Crippen molar-refractivity contribution in [2.75, 3.05) is 107 Å². The number of piperazine rings is 3. The highest BCUT2D eigenvalue weighted by atomic mass is 35.5. The molecule has 5 fully saturated rings. The van der Waals surface area contributed by atoms with Crippen LogP contribution in [0.3, 0.4) is 0 Å². The lowest BCUT2D eigenvalue weighted by molar-refractivity contribution is 0.231. The van der Waals surface area contributed by atoms with Crippen LogP contribution in [-0.2, 0) is 0 Å². The highest BCUT2D eigenvalue weighted by Gasteiger charge is 2.33. The zero-order chi connectivity index (χ0) is 80.4. The molecular weight excluding hydrogens is 1540 g/mol. The molecule has 21 rings (SSSR count). The van der Waals surface area contributed by atoms with E-state index in [0.29, 0.717) is 95.4 Å². The molecule has 2 N–H and O–H groups in total. The fraction of sp³-hybridized carbons (Fsp3) is 0.299. The first-order valence-electron chi connectivity index (χ1n) is 39.5. The summed E-state index contributed by atoms with van der Waals surface area (Å²) >= 11 is 19.2. The maximum Gasteiger partial charge on any atom is 0.258 e. The summed E-state index contributed by atoms with van der Waals surface area (Å²) in [5.74, 6) is -0.253. The first kappa shape index (κ1) is 76.6. The van der Waals surface area contributed by atoms with Gasteiger partial charge in [-0.3, -0.25) is 46.6 Å². The largest absolute Gasteiger partial charge is 0.494 e. The average Bonchev–Trinajstić information content (AvgIpc) is 1.64. The molecular formula is C87H85Cl3FN21O5. The number of nitrogens with one attached hydrogen (secondary N) is 2. The molecule has 117 heavy (non-hydrogen) atoms. The lowest BCUT2D eigenvalue weighted by Crippen LogP contribution is -2.50. The summed E-state index contributed by atoms with van der Waals surface area (Å²) < 4.78 is 30.9. The molecule has 6 aliphatic rings. The number of aryl methyl sites for hydroxylation is 3. The molecule has 0 aliphatic carbocycles. The lowest BCUT2D eigenvalue weighted by Gasteiger charge is -2.38. The Hall–Kier alpha value is -11.7. The molecule has 15 aromatic rings. The third-order valence-electron chi connectivity index (χ3n) is 22.9. The Morgan fingerprint density at radius 2 is 0.846 bits per heavy atom. The molecule has 5 saturated heterocycles. The maximum absolute atomic E-state index is 14.0. The number of fused-ring (bicyclic) bond motifs is 9. The number of benzene rings is 1. The third-order valence-corrected chi connectivity index (χ3v) is 23.7. The van der Waals surface area contributed by atoms with Gasteiger partial charge in [-0.15, -0.1) is 0 Å². The average molecular weight is 1630 g/mol. The second-order valence-corrected chi connectivity index (χ2v) is 32.1. The van der Waals surface area contributed by atoms with Crippen LogP contribution >= 0.6 is 34.8 Å². The van der Waals surface area contributed by atoms with Gasteiger partial charge < -0.3 is 43.3 Å². The number of imidazole rings is 3. The molecule has 0 amide bonds. The van der Waals surface area contributed by atoms with Gasteiger partial charge in [0.15, 0.2) is 28.5 Å². The van der Waals surface area contributed by atoms with Crippen LogP contribution in [0, 0.1) is 26.6 Å². The topological polar surface area (TPSA) is 239 Å². The second kappa shape index (κ2) is 32.1. The number of rotatable bonds is 9. The Morgan fingerprint density at radius 1 is 0.427 bits per heavy atom. The van der Waals surface area contributed by atoms with Crippen molar-refractivity contribution in [3.8, 4) is 50.6 Å². The molecule has 20 heterocycles. The fourth-order valence-corrected chi connectivity index (χ4v) is 17.8. The van der Waals surface area contributed by atoms with Gasteiger partial charge in [0.1, 0.15) is 22.6 Å². The number of hydrogen-bond acceptors (Lipinski definition) is 19. The molecule has 1 aromatic carbocycles. The van der Waals surface area contributed by atoms with Crippen molar-refractivity contribution in [3.05, 3.63) is 262 Å². The van der Waals surface area contributed by atoms with E-state index < -0.39 is 5.82 Å². The normalized spacial score (nSPS) is 17.8. The molecule has 26 nitrogen and oxygen atoms in total. The number of pyridine rings is 7. The summed E-state index contributed by atoms with van der Waals surface area (Å²) in [6.07, 6.45) is 26.9. The first-order valence-corrected chi connectivity index (χ1v) is 40.7. The van der Waals surface area contributed by atoms with Crippen LogP contribution in [-0.4, -0.2) is 186 Å². The van der Waals surface area contributed by atoms with Crippen LogP contribution in [0.5, 0.6) is 5.75 Å². The van der Waals surface area contributed by atoms with Crippen molar-refractivity contribution in [1.29, 1.82) is 0 Å². The minimum Gasteiger partial charge on any atom is -0.494 e. The summed E-state index contributed by atoms with van der Waals surface area (Å²) in [7, 11) is 1.43. The first-order chi connectivity index (χ1) is 56.7. The van der Waals surface area contributed by atoms with E-state index in [1.807, 2.05) is 132 Å². The van der Waals surface area contributed by atoms with E-state index in [2.05, 4.69) is 80.2 Å². The Balaban J connectivity index is 0.000000108. The summed E-state index contributed by atoms with van der Waals surface area (Å²) in [4.78, 5) is 95.7. The van der Waals surface area contributed by atoms with Gasteiger partial charge in [0.05, 0.1) is 79.1 Å². The van der Waals surface area contributed by atoms with Crippen molar-refractivity contribution < 1.29 is 9.13 Å². The molecule has 0 unspecified atom stereocenters. The zero-order valence-corrected chi connectivity index (χ0v) is 67.5. The summed E-state index contributed by atoms with van der Waals surface area (Å²) in [6.45, 7) is 21.0. The fourth-order valence-electron chi connectivity index (χ4n) is 17.0. The molecule has 3 atom stereocenters. The number of nitrogens with zero attached hydrogens (tertiary/aromatic N) is 19. The minimum absolute atomic E-state index is 0.0978. The van der Waals surface area contributed by atoms with Crippen molar-refractivity contribution in [3.63, 3.8) is 0 Å². The van der Waals surface area contributed by atoms with Gasteiger partial charge in [0.25, 0.3) is 22.2 Å². The van der Waals surface area contributed by atoms with Gasteiger partial charge >= 0.3 is 0 Å². The Kier molecular flexibility index (Phi) is 21.0. The van der Waals surface area contributed by atoms with E-state index in [4.69, 9.17) is 54.5 Å². The van der Waals surface area contributed by atoms with Gasteiger partial charge in [0.2, 0.25) is 0 Å². The summed E-state index contributed by atoms with van der Waals surface area (Å²) in [5, 5.41) is 8.28. The van der Waals surface area contributed by atoms with Crippen molar-refractivity contribution in [1.82, 2.24) is 86.1 Å². The number of methoxy groups -OCH3 is 1. The van der Waals surface area contributed by atoms with Crippen LogP contribution in [0.2, 0.25) is 15.1 Å². The van der Waals surface area contributed by atoms with E-state index in [0.717, 1.165) is 146 Å². The standard InChI is InChI=1S/2C23H23ClN6O.C21H21ClN6O.C20H18FN3O2/c2*1-15-11-29-12-16(9-19(24)23(29)25-15)20-10-22(31)30-14-18(4-5-21(30)26-20)28-8-7-27-6-2-3-17(27)13-28;1-13-9-26(6-5-23-13)16-3-4-19-25-18(8-20(29)28(19)12-16)15-7-17(22)21-24-14(2)10-27(21)11-15;1-26-18-4-2-14(10-16(18)21)15-3-5-19-23-17(11-20(25)24(19)12-15)13-6-8-22-9-7-13/h2*4-5,9-12,14,17H,2-3,6-8,13H2,1H3;3-4,7-8,10-13,23H,5-6,9H2,1-2H3;2-6,10-12,22H,7-9H2,1H3/t2*17-;13-;/m100./s1. The number of ether oxygens (including phenoxy) is 1. The SMILES string of the molecule is COc1ccc(-c2ccc3nc(C4=CCNCC4)cc(=O)n3c2)cc1F.Cc1cn2cc(-c3cc(=O)n4cc(N5CCN6CCC[C@@H]6C5)ccc4n3)cc(Cl)c2n1.Cc1cn2cc(-c3cc(=O)n4cc(N5CCN6CCC[C@H]6C5)ccc4n3)cc(Cl)c2n1.Cc1cn2cc(-c3cc(=O)n4cc(N5CCN[C@@H](C)C5)ccc4n3)cc(Cl)c2n1. The molecule has 30 heteroatoms. The van der Waals surface area contributed by atoms with E-state index in [1.54, 1.807) is 67.9 Å². The van der Waals surface area contributed by atoms with Gasteiger partial charge in [-0.2, -0.15) is 0 Å². The summed E-state index contributed by atoms with van der Waals surface area (Å²) in [5.41, 5.74) is 17.3. The predicted molar refractivity (Wildman–Crippen MR) is 458 cm³/mol. The summed E-state index contributed by atoms with van der Waals surface area (Å²) in [6, 6.07) is 33.7. The Bertz CT molecular complexity index is 6500. The Labute approximate surface area is 685 Å². The molecule has 14 aromatic heterocycles. The second-order valence-electron chi connectivity index (χ2n) is 30.9. The third kappa shape index (κ3) is 15.7. The smallest absolute Gasteiger partial charge is 0.258 e. The van der Waals surface area contributed by atoms with Gasteiger partial charge in [-0.05, 0) is 175 Å². The Morgan fingerprint density at radius 3 is 1.27 bits per heavy atom. The van der Waals surface area contributed by atoms with Gasteiger partial charge in [-0.25, -0.2) is 39.3 Å². The van der Waals surface area contributed by atoms with E-state index in [9.17, 15) is 23.6 Å². The van der Waals surface area contributed by atoms with Crippen molar-refractivity contribution >= 4 is 97.0 Å². The molecule has 6 aliphatic heterocycles. The number of hydrogen-bond donors (Lipinski definition) is 2. The molecule has 0 saturated carbocycles. The van der Waals surface area contributed by atoms with Gasteiger partial charge in [0, 0.05) is 186 Å². The van der Waals surface area contributed by atoms with Crippen LogP contribution in [0.1, 0.15) is 61.8 Å². The quantitative estimate of drug-likeness (QED) is 0.137. The molecule has 0 bridgehead atoms. The molecule has 0 spiro atoms. The number of aromatic nitrogens is 14. The van der Waals surface area contributed by atoms with Gasteiger partial charge in [-0.1, -0.05) is 46.9 Å². The minimum atomic E-state index is -0.441.